The highest BCUT2D eigenvalue weighted by Crippen LogP contribution is 2.41. The molecule has 2 N–H and O–H groups in total. The second-order valence-corrected chi connectivity index (χ2v) is 7.49. The van der Waals surface area contributed by atoms with E-state index in [9.17, 15) is 4.79 Å². The van der Waals surface area contributed by atoms with E-state index in [1.54, 1.807) is 0 Å². The van der Waals surface area contributed by atoms with Crippen molar-refractivity contribution in [1.29, 1.82) is 0 Å². The largest absolute Gasteiger partial charge is 0.468 e. The molecule has 21 heavy (non-hydrogen) atoms. The summed E-state index contributed by atoms with van der Waals surface area (Å²) in [5, 5.41) is 0. The fraction of sp³-hybridized carbons (Fsp3) is 0.941. The van der Waals surface area contributed by atoms with Crippen molar-refractivity contribution < 1.29 is 9.53 Å². The first kappa shape index (κ1) is 18.4. The Balaban J connectivity index is 2.85. The lowest BCUT2D eigenvalue weighted by Gasteiger charge is -2.45. The van der Waals surface area contributed by atoms with Crippen molar-refractivity contribution in [3.05, 3.63) is 0 Å². The van der Waals surface area contributed by atoms with Gasteiger partial charge in [-0.1, -0.05) is 27.7 Å². The Morgan fingerprint density at radius 3 is 2.48 bits per heavy atom. The molecular weight excluding hydrogens is 264 g/mol. The van der Waals surface area contributed by atoms with Gasteiger partial charge in [-0.2, -0.15) is 0 Å². The number of methoxy groups -OCH3 is 1. The summed E-state index contributed by atoms with van der Waals surface area (Å²) in [4.78, 5) is 14.0. The van der Waals surface area contributed by atoms with Crippen molar-refractivity contribution in [1.82, 2.24) is 4.90 Å². The second kappa shape index (κ2) is 8.14. The maximum atomic E-state index is 11.7. The van der Waals surface area contributed by atoms with Gasteiger partial charge >= 0.3 is 5.97 Å². The Morgan fingerprint density at radius 1 is 1.33 bits per heavy atom. The normalized spacial score (nSPS) is 26.9. The summed E-state index contributed by atoms with van der Waals surface area (Å²) in [5.41, 5.74) is 6.32. The smallest absolute Gasteiger partial charge is 0.319 e. The van der Waals surface area contributed by atoms with E-state index in [1.807, 2.05) is 0 Å². The van der Waals surface area contributed by atoms with Gasteiger partial charge in [-0.25, -0.2) is 0 Å². The molecule has 3 atom stereocenters. The van der Waals surface area contributed by atoms with Gasteiger partial charge in [-0.15, -0.1) is 0 Å². The molecule has 0 aromatic rings. The first-order valence-electron chi connectivity index (χ1n) is 8.34. The predicted octanol–water partition coefficient (Wildman–Crippen LogP) is 2.66. The highest BCUT2D eigenvalue weighted by atomic mass is 16.5. The molecule has 4 nitrogen and oxygen atoms in total. The second-order valence-electron chi connectivity index (χ2n) is 7.49. The van der Waals surface area contributed by atoms with Crippen LogP contribution in [0.3, 0.4) is 0 Å². The Hall–Kier alpha value is -0.610. The van der Waals surface area contributed by atoms with E-state index in [-0.39, 0.29) is 5.97 Å². The van der Waals surface area contributed by atoms with Gasteiger partial charge < -0.3 is 10.5 Å². The zero-order chi connectivity index (χ0) is 16.0. The van der Waals surface area contributed by atoms with Gasteiger partial charge in [0.25, 0.3) is 0 Å². The van der Waals surface area contributed by atoms with Gasteiger partial charge in [0.2, 0.25) is 0 Å². The summed E-state index contributed by atoms with van der Waals surface area (Å²) in [7, 11) is 1.46. The molecular formula is C17H34N2O2. The summed E-state index contributed by atoms with van der Waals surface area (Å²) < 4.78 is 4.87. The van der Waals surface area contributed by atoms with Crippen LogP contribution in [-0.4, -0.2) is 43.7 Å². The van der Waals surface area contributed by atoms with Gasteiger partial charge in [0.1, 0.15) is 0 Å². The van der Waals surface area contributed by atoms with Gasteiger partial charge in [-0.05, 0) is 56.0 Å². The van der Waals surface area contributed by atoms with Crippen LogP contribution in [0.25, 0.3) is 0 Å². The molecule has 1 aliphatic rings. The molecule has 0 amide bonds. The molecule has 0 saturated heterocycles. The van der Waals surface area contributed by atoms with Crippen LogP contribution in [0, 0.1) is 17.3 Å². The number of carbonyl (C=O) groups excluding carboxylic acids is 1. The van der Waals surface area contributed by atoms with E-state index in [0.717, 1.165) is 19.4 Å². The first-order valence-corrected chi connectivity index (χ1v) is 8.34. The Labute approximate surface area is 130 Å². The number of hydrogen-bond acceptors (Lipinski definition) is 4. The van der Waals surface area contributed by atoms with E-state index in [2.05, 4.69) is 32.6 Å². The van der Waals surface area contributed by atoms with Crippen LogP contribution >= 0.6 is 0 Å². The summed E-state index contributed by atoms with van der Waals surface area (Å²) in [6.45, 7) is 11.2. The van der Waals surface area contributed by atoms with Crippen LogP contribution in [0.5, 0.6) is 0 Å². The van der Waals surface area contributed by atoms with Crippen molar-refractivity contribution in [3.8, 4) is 0 Å². The fourth-order valence-electron chi connectivity index (χ4n) is 3.60. The van der Waals surface area contributed by atoms with Crippen LogP contribution in [0.2, 0.25) is 0 Å². The third-order valence-electron chi connectivity index (χ3n) is 5.02. The molecule has 1 fully saturated rings. The van der Waals surface area contributed by atoms with Crippen LogP contribution in [0.1, 0.15) is 53.4 Å². The lowest BCUT2D eigenvalue weighted by molar-refractivity contribution is -0.143. The number of nitrogens with two attached hydrogens (primary N) is 1. The summed E-state index contributed by atoms with van der Waals surface area (Å²) in [5.74, 6) is 1.05. The number of nitrogens with zero attached hydrogens (tertiary/aromatic N) is 1. The monoisotopic (exact) mass is 298 g/mol. The summed E-state index contributed by atoms with van der Waals surface area (Å²) in [6, 6.07) is 0.409. The minimum atomic E-state index is -0.142. The molecule has 0 bridgehead atoms. The zero-order valence-electron chi connectivity index (χ0n) is 14.5. The molecule has 3 unspecified atom stereocenters. The Kier molecular flexibility index (Phi) is 7.14. The van der Waals surface area contributed by atoms with E-state index in [0.29, 0.717) is 36.4 Å². The highest BCUT2D eigenvalue weighted by molar-refractivity contribution is 5.71. The van der Waals surface area contributed by atoms with Crippen molar-refractivity contribution >= 4 is 5.97 Å². The molecule has 0 aliphatic heterocycles. The Bertz CT molecular complexity index is 325. The molecule has 0 aromatic heterocycles. The molecule has 0 heterocycles. The maximum absolute atomic E-state index is 11.7. The topological polar surface area (TPSA) is 55.6 Å². The average Bonchev–Trinajstić information content (AvgIpc) is 2.44. The van der Waals surface area contributed by atoms with Crippen LogP contribution < -0.4 is 5.73 Å². The minimum absolute atomic E-state index is 0.142. The van der Waals surface area contributed by atoms with E-state index >= 15 is 0 Å². The lowest BCUT2D eigenvalue weighted by atomic mass is 9.67. The van der Waals surface area contributed by atoms with E-state index in [4.69, 9.17) is 10.5 Å². The highest BCUT2D eigenvalue weighted by Gasteiger charge is 2.38. The van der Waals surface area contributed by atoms with Crippen molar-refractivity contribution in [2.45, 2.75) is 59.4 Å². The van der Waals surface area contributed by atoms with Gasteiger partial charge in [0, 0.05) is 6.04 Å². The molecule has 0 aromatic carbocycles. The van der Waals surface area contributed by atoms with Gasteiger partial charge in [0.05, 0.1) is 13.7 Å². The molecule has 4 heteroatoms. The van der Waals surface area contributed by atoms with E-state index in [1.165, 1.54) is 20.0 Å². The first-order chi connectivity index (χ1) is 9.83. The molecule has 124 valence electrons. The molecule has 0 spiro atoms. The van der Waals surface area contributed by atoms with Gasteiger partial charge in [0.15, 0.2) is 0 Å². The summed E-state index contributed by atoms with van der Waals surface area (Å²) >= 11 is 0. The predicted molar refractivity (Wildman–Crippen MR) is 87.0 cm³/mol. The zero-order valence-corrected chi connectivity index (χ0v) is 14.5. The average molecular weight is 298 g/mol. The van der Waals surface area contributed by atoms with Crippen LogP contribution in [0.15, 0.2) is 0 Å². The SMILES string of the molecule is CCCN(CC(=O)OC)C1CC(C(C)(C)C)CCC1CN. The third-order valence-corrected chi connectivity index (χ3v) is 5.02. The number of carbonyl (C=O) groups is 1. The Morgan fingerprint density at radius 2 is 2.00 bits per heavy atom. The van der Waals surface area contributed by atoms with E-state index < -0.39 is 0 Å². The minimum Gasteiger partial charge on any atom is -0.468 e. The number of esters is 1. The third kappa shape index (κ3) is 5.26. The maximum Gasteiger partial charge on any atom is 0.319 e. The molecule has 1 rings (SSSR count). The van der Waals surface area contributed by atoms with Crippen molar-refractivity contribution in [3.63, 3.8) is 0 Å². The molecule has 0 radical (unpaired) electrons. The molecule has 1 aliphatic carbocycles. The lowest BCUT2D eigenvalue weighted by Crippen LogP contribution is -2.50. The number of ether oxygens (including phenoxy) is 1. The molecule has 1 saturated carbocycles. The quantitative estimate of drug-likeness (QED) is 0.766. The standard InChI is InChI=1S/C17H34N2O2/c1-6-9-19(12-16(20)21-5)15-10-14(17(2,3)4)8-7-13(15)11-18/h13-15H,6-12,18H2,1-5H3. The number of hydrogen-bond donors (Lipinski definition) is 1. The summed E-state index contributed by atoms with van der Waals surface area (Å²) in [6.07, 6.45) is 4.61. The van der Waals surface area contributed by atoms with Crippen molar-refractivity contribution in [2.24, 2.45) is 23.0 Å². The van der Waals surface area contributed by atoms with Crippen LogP contribution in [-0.2, 0) is 9.53 Å². The fourth-order valence-corrected chi connectivity index (χ4v) is 3.60. The van der Waals surface area contributed by atoms with Gasteiger partial charge in [-0.3, -0.25) is 9.69 Å². The van der Waals surface area contributed by atoms with Crippen molar-refractivity contribution in [2.75, 3.05) is 26.7 Å². The van der Waals surface area contributed by atoms with Crippen LogP contribution in [0.4, 0.5) is 0 Å². The number of rotatable bonds is 6.